The lowest BCUT2D eigenvalue weighted by atomic mass is 10.1. The van der Waals surface area contributed by atoms with Crippen molar-refractivity contribution in [3.05, 3.63) is 41.2 Å². The smallest absolute Gasteiger partial charge is 0.205 e. The van der Waals surface area contributed by atoms with E-state index in [0.717, 1.165) is 69.1 Å². The van der Waals surface area contributed by atoms with Gasteiger partial charge in [-0.1, -0.05) is 38.1 Å². The molecular weight excluding hydrogens is 382 g/mol. The van der Waals surface area contributed by atoms with Gasteiger partial charge in [0.1, 0.15) is 5.82 Å². The number of piperazine rings is 1. The number of nitrogens with zero attached hydrogens (tertiary/aromatic N) is 6. The molecule has 1 fully saturated rings. The number of aromatic nitrogens is 2. The highest BCUT2D eigenvalue weighted by molar-refractivity contribution is 7.09. The Labute approximate surface area is 178 Å². The van der Waals surface area contributed by atoms with Crippen LogP contribution in [0.2, 0.25) is 0 Å². The fraction of sp³-hybridized carbons (Fsp3) is 0.571. The van der Waals surface area contributed by atoms with Crippen molar-refractivity contribution in [2.24, 2.45) is 4.99 Å². The van der Waals surface area contributed by atoms with Crippen LogP contribution in [0.5, 0.6) is 0 Å². The van der Waals surface area contributed by atoms with Gasteiger partial charge in [-0.25, -0.2) is 4.98 Å². The predicted octanol–water partition coefficient (Wildman–Crippen LogP) is 2.45. The zero-order valence-electron chi connectivity index (χ0n) is 18.1. The van der Waals surface area contributed by atoms with Crippen LogP contribution >= 0.6 is 11.5 Å². The molecule has 2 aromatic rings. The normalized spacial score (nSPS) is 15.3. The van der Waals surface area contributed by atoms with Crippen molar-refractivity contribution in [2.75, 3.05) is 51.7 Å². The number of hydrogen-bond acceptors (Lipinski definition) is 6. The molecule has 1 N–H and O–H groups in total. The molecule has 0 unspecified atom stereocenters. The summed E-state index contributed by atoms with van der Waals surface area (Å²) in [5, 5.41) is 4.58. The molecule has 1 aromatic heterocycles. The molecule has 7 nitrogen and oxygen atoms in total. The number of rotatable bonds is 7. The molecule has 0 spiro atoms. The van der Waals surface area contributed by atoms with E-state index in [9.17, 15) is 0 Å². The molecule has 0 aliphatic carbocycles. The summed E-state index contributed by atoms with van der Waals surface area (Å²) < 4.78 is 4.41. The standard InChI is InChI=1S/C21H33N7S/c1-5-19-24-21(29-25-19)28-12-10-27(11-13-28)20(22-3)23-15-17-8-7-9-18(14-17)16-26(4)6-2/h7-9,14H,5-6,10-13,15-16H2,1-4H3,(H,22,23). The summed E-state index contributed by atoms with van der Waals surface area (Å²) in [6.45, 7) is 10.8. The first kappa shape index (κ1) is 21.5. The molecule has 29 heavy (non-hydrogen) atoms. The Balaban J connectivity index is 1.51. The van der Waals surface area contributed by atoms with Gasteiger partial charge in [-0.05, 0) is 24.7 Å². The van der Waals surface area contributed by atoms with Crippen LogP contribution in [-0.4, -0.2) is 71.9 Å². The minimum Gasteiger partial charge on any atom is -0.352 e. The van der Waals surface area contributed by atoms with Crippen LogP contribution < -0.4 is 10.2 Å². The van der Waals surface area contributed by atoms with Crippen molar-refractivity contribution in [2.45, 2.75) is 33.4 Å². The Morgan fingerprint density at radius 1 is 1.21 bits per heavy atom. The Bertz CT molecular complexity index is 796. The molecule has 0 saturated carbocycles. The minimum absolute atomic E-state index is 0.785. The SMILES string of the molecule is CCc1nsc(N2CCN(C(=NC)NCc3cccc(CN(C)CC)c3)CC2)n1. The van der Waals surface area contributed by atoms with Crippen LogP contribution in [0.25, 0.3) is 0 Å². The molecule has 158 valence electrons. The summed E-state index contributed by atoms with van der Waals surface area (Å²) in [5.74, 6) is 1.91. The lowest BCUT2D eigenvalue weighted by molar-refractivity contribution is 0.345. The van der Waals surface area contributed by atoms with Crippen molar-refractivity contribution in [1.82, 2.24) is 24.5 Å². The minimum atomic E-state index is 0.785. The summed E-state index contributed by atoms with van der Waals surface area (Å²) in [6, 6.07) is 8.80. The fourth-order valence-electron chi connectivity index (χ4n) is 3.40. The number of guanidine groups is 1. The molecule has 8 heteroatoms. The Kier molecular flexibility index (Phi) is 7.83. The molecule has 0 amide bonds. The highest BCUT2D eigenvalue weighted by atomic mass is 32.1. The van der Waals surface area contributed by atoms with Crippen molar-refractivity contribution in [1.29, 1.82) is 0 Å². The monoisotopic (exact) mass is 415 g/mol. The van der Waals surface area contributed by atoms with E-state index in [0.29, 0.717) is 0 Å². The lowest BCUT2D eigenvalue weighted by Gasteiger charge is -2.36. The van der Waals surface area contributed by atoms with E-state index < -0.39 is 0 Å². The molecule has 0 bridgehead atoms. The first-order valence-electron chi connectivity index (χ1n) is 10.4. The summed E-state index contributed by atoms with van der Waals surface area (Å²) in [6.07, 6.45) is 0.892. The third-order valence-corrected chi connectivity index (χ3v) is 6.08. The van der Waals surface area contributed by atoms with E-state index in [1.807, 2.05) is 7.05 Å². The molecule has 2 heterocycles. The fourth-order valence-corrected chi connectivity index (χ4v) is 4.20. The van der Waals surface area contributed by atoms with Crippen molar-refractivity contribution in [3.63, 3.8) is 0 Å². The van der Waals surface area contributed by atoms with Crippen LogP contribution in [0, 0.1) is 0 Å². The van der Waals surface area contributed by atoms with Crippen LogP contribution in [0.3, 0.4) is 0 Å². The van der Waals surface area contributed by atoms with Crippen molar-refractivity contribution < 1.29 is 0 Å². The van der Waals surface area contributed by atoms with E-state index in [2.05, 4.69) is 79.5 Å². The number of hydrogen-bond donors (Lipinski definition) is 1. The number of aryl methyl sites for hydroxylation is 1. The highest BCUT2D eigenvalue weighted by Crippen LogP contribution is 2.19. The van der Waals surface area contributed by atoms with Gasteiger partial charge in [-0.3, -0.25) is 4.99 Å². The quantitative estimate of drug-likeness (QED) is 0.554. The lowest BCUT2D eigenvalue weighted by Crippen LogP contribution is -2.52. The Morgan fingerprint density at radius 3 is 2.62 bits per heavy atom. The summed E-state index contributed by atoms with van der Waals surface area (Å²) in [5.41, 5.74) is 2.63. The summed E-state index contributed by atoms with van der Waals surface area (Å²) >= 11 is 1.51. The van der Waals surface area contributed by atoms with Gasteiger partial charge in [0.05, 0.1) is 0 Å². The average molecular weight is 416 g/mol. The van der Waals surface area contributed by atoms with Crippen LogP contribution in [0.4, 0.5) is 5.13 Å². The zero-order chi connectivity index (χ0) is 20.6. The largest absolute Gasteiger partial charge is 0.352 e. The molecule has 0 atom stereocenters. The van der Waals surface area contributed by atoms with Gasteiger partial charge in [0.25, 0.3) is 0 Å². The second-order valence-electron chi connectivity index (χ2n) is 7.37. The van der Waals surface area contributed by atoms with Gasteiger partial charge in [-0.15, -0.1) is 0 Å². The van der Waals surface area contributed by atoms with Gasteiger partial charge in [0.15, 0.2) is 5.96 Å². The maximum atomic E-state index is 4.62. The molecule has 0 radical (unpaired) electrons. The number of anilines is 1. The average Bonchev–Trinajstić information content (AvgIpc) is 3.24. The van der Waals surface area contributed by atoms with E-state index in [1.165, 1.54) is 22.7 Å². The van der Waals surface area contributed by atoms with Crippen molar-refractivity contribution >= 4 is 22.6 Å². The predicted molar refractivity (Wildman–Crippen MR) is 122 cm³/mol. The highest BCUT2D eigenvalue weighted by Gasteiger charge is 2.22. The Hall–Kier alpha value is -2.19. The first-order valence-corrected chi connectivity index (χ1v) is 11.2. The number of benzene rings is 1. The maximum absolute atomic E-state index is 4.62. The zero-order valence-corrected chi connectivity index (χ0v) is 18.9. The molecule has 1 aromatic carbocycles. The van der Waals surface area contributed by atoms with Crippen LogP contribution in [0.15, 0.2) is 29.3 Å². The van der Waals surface area contributed by atoms with Gasteiger partial charge < -0.3 is 20.0 Å². The van der Waals surface area contributed by atoms with Gasteiger partial charge in [0.2, 0.25) is 5.13 Å². The molecule has 1 aliphatic heterocycles. The second kappa shape index (κ2) is 10.5. The summed E-state index contributed by atoms with van der Waals surface area (Å²) in [7, 11) is 4.01. The van der Waals surface area contributed by atoms with Crippen molar-refractivity contribution in [3.8, 4) is 0 Å². The maximum Gasteiger partial charge on any atom is 0.205 e. The van der Waals surface area contributed by atoms with E-state index >= 15 is 0 Å². The molecule has 3 rings (SSSR count). The molecular formula is C21H33N7S. The van der Waals surface area contributed by atoms with Gasteiger partial charge in [0, 0.05) is 64.3 Å². The van der Waals surface area contributed by atoms with Crippen LogP contribution in [0.1, 0.15) is 30.8 Å². The van der Waals surface area contributed by atoms with Crippen LogP contribution in [-0.2, 0) is 19.5 Å². The topological polar surface area (TPSA) is 59.9 Å². The van der Waals surface area contributed by atoms with E-state index in [-0.39, 0.29) is 0 Å². The number of nitrogens with one attached hydrogen (secondary N) is 1. The number of aliphatic imine (C=N–C) groups is 1. The third kappa shape index (κ3) is 5.90. The molecule has 1 saturated heterocycles. The second-order valence-corrected chi connectivity index (χ2v) is 8.10. The van der Waals surface area contributed by atoms with E-state index in [4.69, 9.17) is 0 Å². The third-order valence-electron chi connectivity index (χ3n) is 5.27. The van der Waals surface area contributed by atoms with E-state index in [1.54, 1.807) is 0 Å². The summed E-state index contributed by atoms with van der Waals surface area (Å²) in [4.78, 5) is 16.1. The van der Waals surface area contributed by atoms with Gasteiger partial charge in [-0.2, -0.15) is 4.37 Å². The van der Waals surface area contributed by atoms with Gasteiger partial charge >= 0.3 is 0 Å². The Morgan fingerprint density at radius 2 is 1.97 bits per heavy atom. The molecule has 1 aliphatic rings. The first-order chi connectivity index (χ1) is 14.1.